The van der Waals surface area contributed by atoms with E-state index in [1.54, 1.807) is 0 Å². The number of hydrogen-bond acceptors (Lipinski definition) is 5. The molecule has 0 spiro atoms. The van der Waals surface area contributed by atoms with Crippen LogP contribution in [0.1, 0.15) is 18.9 Å². The van der Waals surface area contributed by atoms with Crippen LogP contribution in [0.2, 0.25) is 0 Å². The Hall–Kier alpha value is -2.40. The highest BCUT2D eigenvalue weighted by Crippen LogP contribution is 2.21. The van der Waals surface area contributed by atoms with Gasteiger partial charge < -0.3 is 25.3 Å². The summed E-state index contributed by atoms with van der Waals surface area (Å²) in [7, 11) is 2.15. The van der Waals surface area contributed by atoms with Gasteiger partial charge in [-0.1, -0.05) is 18.2 Å². The number of amides is 1. The molecule has 2 aromatic rings. The van der Waals surface area contributed by atoms with Crippen LogP contribution in [0, 0.1) is 0 Å². The molecule has 2 fully saturated rings. The highest BCUT2D eigenvalue weighted by Gasteiger charge is 2.31. The number of nitrogens with zero attached hydrogens (tertiary/aromatic N) is 5. The Balaban J connectivity index is 0.00000306. The molecule has 2 aliphatic rings. The number of carbonyl (C=O) groups excluding carboxylic acids is 1. The number of para-hydroxylation sites is 1. The second-order valence-electron chi connectivity index (χ2n) is 8.39. The van der Waals surface area contributed by atoms with Gasteiger partial charge in [-0.25, -0.2) is 9.98 Å². The third kappa shape index (κ3) is 6.80. The Morgan fingerprint density at radius 1 is 1.15 bits per heavy atom. The number of anilines is 2. The van der Waals surface area contributed by atoms with Crippen molar-refractivity contribution in [3.8, 4) is 0 Å². The number of aliphatic imine (C=N–C) groups is 1. The Bertz CT molecular complexity index is 931. The van der Waals surface area contributed by atoms with Gasteiger partial charge in [-0.2, -0.15) is 0 Å². The summed E-state index contributed by atoms with van der Waals surface area (Å²) < 4.78 is 0. The number of nitrogens with one attached hydrogen (secondary N) is 2. The van der Waals surface area contributed by atoms with Crippen molar-refractivity contribution >= 4 is 47.3 Å². The van der Waals surface area contributed by atoms with Crippen LogP contribution in [-0.2, 0) is 11.3 Å². The van der Waals surface area contributed by atoms with Crippen molar-refractivity contribution in [1.82, 2.24) is 20.5 Å². The van der Waals surface area contributed by atoms with Gasteiger partial charge in [-0.3, -0.25) is 4.79 Å². The van der Waals surface area contributed by atoms with Crippen LogP contribution in [0.3, 0.4) is 0 Å². The highest BCUT2D eigenvalue weighted by molar-refractivity contribution is 14.0. The lowest BCUT2D eigenvalue weighted by Crippen LogP contribution is -2.45. The smallest absolute Gasteiger partial charge is 0.229 e. The maximum Gasteiger partial charge on any atom is 0.229 e. The molecule has 4 rings (SSSR count). The fraction of sp³-hybridized carbons (Fsp3) is 0.458. The average molecular weight is 563 g/mol. The summed E-state index contributed by atoms with van der Waals surface area (Å²) in [6.45, 7) is 8.10. The van der Waals surface area contributed by atoms with Gasteiger partial charge >= 0.3 is 0 Å². The first-order valence-corrected chi connectivity index (χ1v) is 11.4. The largest absolute Gasteiger partial charge is 0.357 e. The number of piperazine rings is 1. The van der Waals surface area contributed by atoms with Crippen LogP contribution in [0.4, 0.5) is 11.5 Å². The standard InChI is InChI=1S/C24H33N7O.HI/c1-3-25-24(28-20-16-23(32)31(18-20)21-7-5-4-6-8-21)27-17-19-9-10-26-22(15-19)30-13-11-29(2)12-14-30;/h4-10,15,20H,3,11-14,16-18H2,1-2H3,(H2,25,27,28);1H. The molecule has 33 heavy (non-hydrogen) atoms. The monoisotopic (exact) mass is 563 g/mol. The average Bonchev–Trinajstić information content (AvgIpc) is 3.19. The fourth-order valence-corrected chi connectivity index (χ4v) is 4.11. The van der Waals surface area contributed by atoms with E-state index in [1.165, 1.54) is 0 Å². The number of pyridine rings is 1. The molecule has 0 saturated carbocycles. The van der Waals surface area contributed by atoms with E-state index in [-0.39, 0.29) is 35.9 Å². The van der Waals surface area contributed by atoms with Crippen molar-refractivity contribution in [3.05, 3.63) is 54.2 Å². The molecule has 0 radical (unpaired) electrons. The lowest BCUT2D eigenvalue weighted by Gasteiger charge is -2.33. The van der Waals surface area contributed by atoms with Crippen LogP contribution in [0.5, 0.6) is 0 Å². The van der Waals surface area contributed by atoms with Crippen LogP contribution >= 0.6 is 24.0 Å². The summed E-state index contributed by atoms with van der Waals surface area (Å²) in [5.74, 6) is 1.89. The zero-order valence-electron chi connectivity index (χ0n) is 19.4. The molecule has 1 unspecified atom stereocenters. The molecule has 1 aromatic heterocycles. The first-order chi connectivity index (χ1) is 15.6. The molecule has 1 amide bonds. The molecule has 8 nitrogen and oxygen atoms in total. The van der Waals surface area contributed by atoms with Gasteiger partial charge in [0.25, 0.3) is 0 Å². The minimum absolute atomic E-state index is 0. The number of rotatable bonds is 6. The molecule has 0 aliphatic carbocycles. The summed E-state index contributed by atoms with van der Waals surface area (Å²) in [4.78, 5) is 28.4. The van der Waals surface area contributed by atoms with Crippen molar-refractivity contribution in [2.45, 2.75) is 25.9 Å². The Kier molecular flexibility index (Phi) is 9.30. The van der Waals surface area contributed by atoms with Crippen LogP contribution in [0.25, 0.3) is 0 Å². The van der Waals surface area contributed by atoms with Crippen LogP contribution in [-0.4, -0.2) is 74.1 Å². The number of aromatic nitrogens is 1. The van der Waals surface area contributed by atoms with Crippen molar-refractivity contribution in [1.29, 1.82) is 0 Å². The maximum absolute atomic E-state index is 12.5. The number of likely N-dealkylation sites (N-methyl/N-ethyl adjacent to an activating group) is 1. The van der Waals surface area contributed by atoms with E-state index in [0.29, 0.717) is 19.5 Å². The van der Waals surface area contributed by atoms with Crippen LogP contribution in [0.15, 0.2) is 53.7 Å². The summed E-state index contributed by atoms with van der Waals surface area (Å²) >= 11 is 0. The third-order valence-corrected chi connectivity index (χ3v) is 5.93. The Morgan fingerprint density at radius 3 is 2.64 bits per heavy atom. The SMILES string of the molecule is CCNC(=NCc1ccnc(N2CCN(C)CC2)c1)NC1CC(=O)N(c2ccccc2)C1.I. The van der Waals surface area contributed by atoms with Crippen molar-refractivity contribution in [2.24, 2.45) is 4.99 Å². The van der Waals surface area contributed by atoms with E-state index >= 15 is 0 Å². The van der Waals surface area contributed by atoms with E-state index in [0.717, 1.165) is 55.8 Å². The minimum Gasteiger partial charge on any atom is -0.357 e. The summed E-state index contributed by atoms with van der Waals surface area (Å²) in [5.41, 5.74) is 2.07. The molecule has 2 aliphatic heterocycles. The first-order valence-electron chi connectivity index (χ1n) is 11.4. The zero-order chi connectivity index (χ0) is 22.3. The van der Waals surface area contributed by atoms with Gasteiger partial charge in [0.15, 0.2) is 5.96 Å². The molecular weight excluding hydrogens is 529 g/mol. The third-order valence-electron chi connectivity index (χ3n) is 5.93. The van der Waals surface area contributed by atoms with Gasteiger partial charge in [-0.05, 0) is 43.8 Å². The molecule has 9 heteroatoms. The van der Waals surface area contributed by atoms with Crippen LogP contribution < -0.4 is 20.4 Å². The predicted molar refractivity (Wildman–Crippen MR) is 145 cm³/mol. The zero-order valence-corrected chi connectivity index (χ0v) is 21.7. The molecule has 1 atom stereocenters. The molecule has 2 saturated heterocycles. The number of hydrogen-bond donors (Lipinski definition) is 2. The molecule has 178 valence electrons. The van der Waals surface area contributed by atoms with Gasteiger partial charge in [-0.15, -0.1) is 24.0 Å². The Labute approximate surface area is 213 Å². The number of carbonyl (C=O) groups is 1. The molecule has 2 N–H and O–H groups in total. The summed E-state index contributed by atoms with van der Waals surface area (Å²) in [6.07, 6.45) is 2.33. The molecular formula is C24H34IN7O. The first kappa shape index (κ1) is 25.2. The quantitative estimate of drug-likeness (QED) is 0.320. The topological polar surface area (TPSA) is 76.1 Å². The Morgan fingerprint density at radius 2 is 1.91 bits per heavy atom. The van der Waals surface area contributed by atoms with Crippen molar-refractivity contribution in [3.63, 3.8) is 0 Å². The predicted octanol–water partition coefficient (Wildman–Crippen LogP) is 2.31. The summed E-state index contributed by atoms with van der Waals surface area (Å²) in [6, 6.07) is 14.0. The molecule has 1 aromatic carbocycles. The normalized spacial score (nSPS) is 19.4. The van der Waals surface area contributed by atoms with E-state index in [1.807, 2.05) is 54.4 Å². The second kappa shape index (κ2) is 12.2. The van der Waals surface area contributed by atoms with E-state index in [4.69, 9.17) is 4.99 Å². The molecule has 3 heterocycles. The summed E-state index contributed by atoms with van der Waals surface area (Å²) in [5, 5.41) is 6.75. The van der Waals surface area contributed by atoms with Crippen molar-refractivity contribution in [2.75, 3.05) is 56.1 Å². The van der Waals surface area contributed by atoms with E-state index < -0.39 is 0 Å². The fourth-order valence-electron chi connectivity index (χ4n) is 4.11. The number of benzene rings is 1. The second-order valence-corrected chi connectivity index (χ2v) is 8.39. The lowest BCUT2D eigenvalue weighted by molar-refractivity contribution is -0.117. The van der Waals surface area contributed by atoms with E-state index in [2.05, 4.69) is 38.5 Å². The van der Waals surface area contributed by atoms with Gasteiger partial charge in [0.05, 0.1) is 12.6 Å². The van der Waals surface area contributed by atoms with Gasteiger partial charge in [0.2, 0.25) is 5.91 Å². The minimum atomic E-state index is 0. The van der Waals surface area contributed by atoms with E-state index in [9.17, 15) is 4.79 Å². The lowest BCUT2D eigenvalue weighted by atomic mass is 10.2. The number of guanidine groups is 1. The number of halogens is 1. The van der Waals surface area contributed by atoms with Gasteiger partial charge in [0.1, 0.15) is 5.82 Å². The highest BCUT2D eigenvalue weighted by atomic mass is 127. The molecule has 0 bridgehead atoms. The maximum atomic E-state index is 12.5. The van der Waals surface area contributed by atoms with Gasteiger partial charge in [0, 0.05) is 57.6 Å². The van der Waals surface area contributed by atoms with Crippen molar-refractivity contribution < 1.29 is 4.79 Å².